The highest BCUT2D eigenvalue weighted by Gasteiger charge is 2.17. The van der Waals surface area contributed by atoms with Gasteiger partial charge in [-0.15, -0.1) is 0 Å². The molecule has 0 saturated heterocycles. The summed E-state index contributed by atoms with van der Waals surface area (Å²) in [6.45, 7) is 11.2. The molecule has 2 aromatic carbocycles. The van der Waals surface area contributed by atoms with Crippen molar-refractivity contribution in [3.05, 3.63) is 59.7 Å². The number of nitrogens with one attached hydrogen (secondary N) is 2. The van der Waals surface area contributed by atoms with Crippen LogP contribution in [0.25, 0.3) is 0 Å². The molecular formula is C23H30N2O4. The van der Waals surface area contributed by atoms with E-state index in [-0.39, 0.29) is 18.1 Å². The minimum Gasteiger partial charge on any atom is -0.491 e. The molecule has 0 radical (unpaired) electrons. The van der Waals surface area contributed by atoms with Gasteiger partial charge in [-0.1, -0.05) is 18.2 Å². The first-order valence-electron chi connectivity index (χ1n) is 9.71. The van der Waals surface area contributed by atoms with E-state index in [0.29, 0.717) is 11.3 Å². The molecule has 0 aliphatic carbocycles. The second kappa shape index (κ2) is 9.45. The van der Waals surface area contributed by atoms with Crippen LogP contribution in [0.15, 0.2) is 48.5 Å². The van der Waals surface area contributed by atoms with Gasteiger partial charge in [0, 0.05) is 11.3 Å². The average molecular weight is 399 g/mol. The quantitative estimate of drug-likeness (QED) is 0.691. The standard InChI is InChI=1S/C23H30N2O4/c1-15(2)28-20-12-8-9-17(14-20)16(3)24-21(26)18-10-7-11-19(13-18)25-22(27)29-23(4,5)6/h7-16H,1-6H3,(H,24,26)(H,25,27). The zero-order valence-corrected chi connectivity index (χ0v) is 17.9. The molecule has 29 heavy (non-hydrogen) atoms. The third kappa shape index (κ3) is 7.49. The minimum atomic E-state index is -0.595. The lowest BCUT2D eigenvalue weighted by Crippen LogP contribution is -2.28. The van der Waals surface area contributed by atoms with E-state index in [1.54, 1.807) is 45.0 Å². The Morgan fingerprint density at radius 2 is 1.66 bits per heavy atom. The summed E-state index contributed by atoms with van der Waals surface area (Å²) < 4.78 is 11.0. The zero-order chi connectivity index (χ0) is 21.6. The van der Waals surface area contributed by atoms with Crippen molar-refractivity contribution in [1.29, 1.82) is 0 Å². The molecule has 0 saturated carbocycles. The summed E-state index contributed by atoms with van der Waals surface area (Å²) in [5.74, 6) is 0.530. The highest BCUT2D eigenvalue weighted by atomic mass is 16.6. The number of hydrogen-bond acceptors (Lipinski definition) is 4. The van der Waals surface area contributed by atoms with Crippen molar-refractivity contribution >= 4 is 17.7 Å². The topological polar surface area (TPSA) is 76.7 Å². The summed E-state index contributed by atoms with van der Waals surface area (Å²) in [6.07, 6.45) is -0.485. The van der Waals surface area contributed by atoms with Gasteiger partial charge < -0.3 is 14.8 Å². The molecule has 2 rings (SSSR count). The Morgan fingerprint density at radius 1 is 0.966 bits per heavy atom. The van der Waals surface area contributed by atoms with Crippen LogP contribution in [0.1, 0.15) is 63.5 Å². The number of rotatable bonds is 6. The third-order valence-corrected chi connectivity index (χ3v) is 3.85. The van der Waals surface area contributed by atoms with Gasteiger partial charge in [-0.05, 0) is 77.4 Å². The van der Waals surface area contributed by atoms with Crippen LogP contribution in [-0.4, -0.2) is 23.7 Å². The number of hydrogen-bond donors (Lipinski definition) is 2. The molecule has 0 aliphatic heterocycles. The Bertz CT molecular complexity index is 856. The number of carbonyl (C=O) groups is 2. The molecular weight excluding hydrogens is 368 g/mol. The van der Waals surface area contributed by atoms with E-state index in [1.807, 2.05) is 45.0 Å². The van der Waals surface area contributed by atoms with E-state index in [1.165, 1.54) is 0 Å². The van der Waals surface area contributed by atoms with Crippen molar-refractivity contribution in [3.8, 4) is 5.75 Å². The predicted molar refractivity (Wildman–Crippen MR) is 114 cm³/mol. The van der Waals surface area contributed by atoms with Gasteiger partial charge in [-0.25, -0.2) is 4.79 Å². The number of ether oxygens (including phenoxy) is 2. The van der Waals surface area contributed by atoms with Crippen molar-refractivity contribution in [3.63, 3.8) is 0 Å². The van der Waals surface area contributed by atoms with Crippen LogP contribution in [-0.2, 0) is 4.74 Å². The molecule has 2 N–H and O–H groups in total. The molecule has 156 valence electrons. The van der Waals surface area contributed by atoms with Crippen LogP contribution >= 0.6 is 0 Å². The van der Waals surface area contributed by atoms with Gasteiger partial charge >= 0.3 is 6.09 Å². The van der Waals surface area contributed by atoms with Crippen molar-refractivity contribution in [2.75, 3.05) is 5.32 Å². The first kappa shape index (κ1) is 22.3. The minimum absolute atomic E-state index is 0.0790. The van der Waals surface area contributed by atoms with Crippen molar-refractivity contribution in [2.45, 2.75) is 59.3 Å². The second-order valence-corrected chi connectivity index (χ2v) is 8.14. The van der Waals surface area contributed by atoms with Crippen LogP contribution in [0.3, 0.4) is 0 Å². The van der Waals surface area contributed by atoms with Gasteiger partial charge in [-0.2, -0.15) is 0 Å². The average Bonchev–Trinajstić information content (AvgIpc) is 2.59. The van der Waals surface area contributed by atoms with E-state index in [0.717, 1.165) is 11.3 Å². The summed E-state index contributed by atoms with van der Waals surface area (Å²) in [6, 6.07) is 14.2. The lowest BCUT2D eigenvalue weighted by molar-refractivity contribution is 0.0635. The summed E-state index contributed by atoms with van der Waals surface area (Å²) in [5, 5.41) is 5.62. The number of amides is 2. The molecule has 1 atom stereocenters. The van der Waals surface area contributed by atoms with E-state index in [4.69, 9.17) is 9.47 Å². The Hall–Kier alpha value is -3.02. The van der Waals surface area contributed by atoms with E-state index in [2.05, 4.69) is 10.6 Å². The van der Waals surface area contributed by atoms with Crippen LogP contribution in [0.4, 0.5) is 10.5 Å². The van der Waals surface area contributed by atoms with E-state index in [9.17, 15) is 9.59 Å². The first-order chi connectivity index (χ1) is 13.5. The first-order valence-corrected chi connectivity index (χ1v) is 9.71. The van der Waals surface area contributed by atoms with Crippen LogP contribution in [0.5, 0.6) is 5.75 Å². The van der Waals surface area contributed by atoms with Crippen LogP contribution in [0, 0.1) is 0 Å². The third-order valence-electron chi connectivity index (χ3n) is 3.85. The molecule has 0 aromatic heterocycles. The number of anilines is 1. The van der Waals surface area contributed by atoms with Gasteiger partial charge in [0.15, 0.2) is 0 Å². The zero-order valence-electron chi connectivity index (χ0n) is 17.9. The maximum absolute atomic E-state index is 12.7. The fourth-order valence-electron chi connectivity index (χ4n) is 2.65. The highest BCUT2D eigenvalue weighted by Crippen LogP contribution is 2.21. The summed E-state index contributed by atoms with van der Waals surface area (Å²) in [4.78, 5) is 24.6. The normalized spacial score (nSPS) is 12.2. The van der Waals surface area contributed by atoms with Crippen LogP contribution < -0.4 is 15.4 Å². The lowest BCUT2D eigenvalue weighted by atomic mass is 10.1. The molecule has 6 nitrogen and oxygen atoms in total. The monoisotopic (exact) mass is 398 g/mol. The van der Waals surface area contributed by atoms with E-state index < -0.39 is 11.7 Å². The Balaban J connectivity index is 2.04. The maximum Gasteiger partial charge on any atom is 0.412 e. The predicted octanol–water partition coefficient (Wildman–Crippen LogP) is 5.31. The Labute approximate surface area is 172 Å². The Kier molecular flexibility index (Phi) is 7.26. The molecule has 1 unspecified atom stereocenters. The molecule has 2 aromatic rings. The smallest absolute Gasteiger partial charge is 0.412 e. The van der Waals surface area contributed by atoms with Gasteiger partial charge in [-0.3, -0.25) is 10.1 Å². The van der Waals surface area contributed by atoms with Gasteiger partial charge in [0.05, 0.1) is 12.1 Å². The maximum atomic E-state index is 12.7. The fourth-order valence-corrected chi connectivity index (χ4v) is 2.65. The summed E-state index contributed by atoms with van der Waals surface area (Å²) in [7, 11) is 0. The summed E-state index contributed by atoms with van der Waals surface area (Å²) >= 11 is 0. The van der Waals surface area contributed by atoms with Gasteiger partial charge in [0.25, 0.3) is 5.91 Å². The number of carbonyl (C=O) groups excluding carboxylic acids is 2. The molecule has 0 aliphatic rings. The van der Waals surface area contributed by atoms with Crippen molar-refractivity contribution in [2.24, 2.45) is 0 Å². The Morgan fingerprint density at radius 3 is 2.31 bits per heavy atom. The number of benzene rings is 2. The van der Waals surface area contributed by atoms with E-state index >= 15 is 0 Å². The SMILES string of the molecule is CC(C)Oc1cccc(C(C)NC(=O)c2cccc(NC(=O)OC(C)(C)C)c2)c1. The molecule has 6 heteroatoms. The molecule has 0 fully saturated rings. The van der Waals surface area contributed by atoms with Gasteiger partial charge in [0.2, 0.25) is 0 Å². The molecule has 2 amide bonds. The molecule has 0 bridgehead atoms. The highest BCUT2D eigenvalue weighted by molar-refractivity contribution is 5.96. The largest absolute Gasteiger partial charge is 0.491 e. The fraction of sp³-hybridized carbons (Fsp3) is 0.391. The molecule has 0 spiro atoms. The van der Waals surface area contributed by atoms with Crippen molar-refractivity contribution < 1.29 is 19.1 Å². The molecule has 0 heterocycles. The second-order valence-electron chi connectivity index (χ2n) is 8.14. The van der Waals surface area contributed by atoms with Crippen molar-refractivity contribution in [1.82, 2.24) is 5.32 Å². The summed E-state index contributed by atoms with van der Waals surface area (Å²) in [5.41, 5.74) is 1.29. The lowest BCUT2D eigenvalue weighted by Gasteiger charge is -2.20. The van der Waals surface area contributed by atoms with Gasteiger partial charge in [0.1, 0.15) is 11.4 Å². The van der Waals surface area contributed by atoms with Crippen LogP contribution in [0.2, 0.25) is 0 Å².